The first kappa shape index (κ1) is 12.6. The molecular weight excluding hydrogens is 244 g/mol. The van der Waals surface area contributed by atoms with E-state index >= 15 is 0 Å². The van der Waals surface area contributed by atoms with Crippen LogP contribution in [-0.4, -0.2) is 59.9 Å². The van der Waals surface area contributed by atoms with Gasteiger partial charge in [-0.3, -0.25) is 9.89 Å². The molecule has 1 unspecified atom stereocenters. The third-order valence-corrected chi connectivity index (χ3v) is 3.97. The molecule has 2 aliphatic rings. The van der Waals surface area contributed by atoms with E-state index in [0.717, 1.165) is 32.5 Å². The normalized spacial score (nSPS) is 25.5. The number of carbonyl (C=O) groups is 1. The third kappa shape index (κ3) is 2.79. The number of hydrogen-bond acceptors (Lipinski definition) is 4. The lowest BCUT2D eigenvalue weighted by Gasteiger charge is -2.34. The van der Waals surface area contributed by atoms with Gasteiger partial charge >= 0.3 is 0 Å². The summed E-state index contributed by atoms with van der Waals surface area (Å²) >= 11 is 0. The molecule has 19 heavy (non-hydrogen) atoms. The van der Waals surface area contributed by atoms with Crippen LogP contribution in [0.25, 0.3) is 0 Å². The predicted molar refractivity (Wildman–Crippen MR) is 69.8 cm³/mol. The van der Waals surface area contributed by atoms with Crippen LogP contribution in [0, 0.1) is 0 Å². The van der Waals surface area contributed by atoms with Crippen molar-refractivity contribution in [1.82, 2.24) is 20.4 Å². The fourth-order valence-electron chi connectivity index (χ4n) is 2.83. The van der Waals surface area contributed by atoms with Crippen molar-refractivity contribution >= 4 is 5.91 Å². The standard InChI is InChI=1S/C13H20N4O2/c18-13(12-9-14-5-8-19-12)17-6-2-10(3-7-17)11-1-4-15-16-11/h1,4,10,12,14H,2-3,5-9H2,(H,15,16). The summed E-state index contributed by atoms with van der Waals surface area (Å²) < 4.78 is 5.52. The van der Waals surface area contributed by atoms with E-state index in [1.807, 2.05) is 11.0 Å². The van der Waals surface area contributed by atoms with Crippen LogP contribution >= 0.6 is 0 Å². The van der Waals surface area contributed by atoms with E-state index in [2.05, 4.69) is 15.5 Å². The van der Waals surface area contributed by atoms with Crippen LogP contribution in [0.5, 0.6) is 0 Å². The number of hydrogen-bond donors (Lipinski definition) is 2. The molecule has 2 N–H and O–H groups in total. The highest BCUT2D eigenvalue weighted by molar-refractivity contribution is 5.81. The van der Waals surface area contributed by atoms with Gasteiger partial charge in [-0.25, -0.2) is 0 Å². The van der Waals surface area contributed by atoms with Gasteiger partial charge < -0.3 is 15.0 Å². The van der Waals surface area contributed by atoms with Crippen molar-refractivity contribution in [2.75, 3.05) is 32.8 Å². The van der Waals surface area contributed by atoms with E-state index in [1.54, 1.807) is 6.20 Å². The lowest BCUT2D eigenvalue weighted by atomic mass is 9.93. The summed E-state index contributed by atoms with van der Waals surface area (Å²) in [7, 11) is 0. The Bertz CT molecular complexity index is 406. The zero-order valence-corrected chi connectivity index (χ0v) is 11.0. The largest absolute Gasteiger partial charge is 0.366 e. The minimum Gasteiger partial charge on any atom is -0.366 e. The van der Waals surface area contributed by atoms with Crippen LogP contribution in [0.3, 0.4) is 0 Å². The third-order valence-electron chi connectivity index (χ3n) is 3.97. The molecule has 0 spiro atoms. The van der Waals surface area contributed by atoms with Crippen molar-refractivity contribution in [2.45, 2.75) is 24.9 Å². The number of H-pyrrole nitrogens is 1. The molecule has 1 aromatic rings. The first-order valence-electron chi connectivity index (χ1n) is 6.95. The quantitative estimate of drug-likeness (QED) is 0.795. The van der Waals surface area contributed by atoms with Gasteiger partial charge in [-0.15, -0.1) is 0 Å². The van der Waals surface area contributed by atoms with Crippen molar-refractivity contribution in [3.05, 3.63) is 18.0 Å². The number of nitrogens with zero attached hydrogens (tertiary/aromatic N) is 2. The smallest absolute Gasteiger partial charge is 0.253 e. The van der Waals surface area contributed by atoms with Gasteiger partial charge in [0.05, 0.1) is 6.61 Å². The van der Waals surface area contributed by atoms with E-state index < -0.39 is 0 Å². The van der Waals surface area contributed by atoms with Crippen LogP contribution in [-0.2, 0) is 9.53 Å². The Morgan fingerprint density at radius 1 is 1.42 bits per heavy atom. The van der Waals surface area contributed by atoms with E-state index in [4.69, 9.17) is 4.74 Å². The number of amides is 1. The molecule has 0 saturated carbocycles. The monoisotopic (exact) mass is 264 g/mol. The predicted octanol–water partition coefficient (Wildman–Crippen LogP) is 0.104. The highest BCUT2D eigenvalue weighted by Gasteiger charge is 2.30. The molecule has 3 heterocycles. The van der Waals surface area contributed by atoms with E-state index in [9.17, 15) is 4.79 Å². The maximum absolute atomic E-state index is 12.3. The Labute approximate surface area is 112 Å². The number of carbonyl (C=O) groups excluding carboxylic acids is 1. The number of rotatable bonds is 2. The topological polar surface area (TPSA) is 70.2 Å². The van der Waals surface area contributed by atoms with Crippen LogP contribution in [0.2, 0.25) is 0 Å². The summed E-state index contributed by atoms with van der Waals surface area (Å²) in [6, 6.07) is 2.02. The fourth-order valence-corrected chi connectivity index (χ4v) is 2.83. The molecule has 6 heteroatoms. The highest BCUT2D eigenvalue weighted by Crippen LogP contribution is 2.26. The van der Waals surface area contributed by atoms with Gasteiger partial charge in [-0.1, -0.05) is 0 Å². The summed E-state index contributed by atoms with van der Waals surface area (Å²) in [4.78, 5) is 14.2. The molecule has 0 radical (unpaired) electrons. The molecule has 1 atom stereocenters. The number of piperidine rings is 1. The molecule has 104 valence electrons. The van der Waals surface area contributed by atoms with Crippen molar-refractivity contribution in [2.24, 2.45) is 0 Å². The molecule has 2 aliphatic heterocycles. The molecule has 0 aliphatic carbocycles. The zero-order valence-electron chi connectivity index (χ0n) is 11.0. The van der Waals surface area contributed by atoms with Crippen LogP contribution in [0.15, 0.2) is 12.3 Å². The van der Waals surface area contributed by atoms with Gasteiger partial charge in [0.25, 0.3) is 5.91 Å². The molecular formula is C13H20N4O2. The molecule has 0 aromatic carbocycles. The molecule has 2 fully saturated rings. The van der Waals surface area contributed by atoms with Gasteiger partial charge in [0.15, 0.2) is 0 Å². The molecule has 0 bridgehead atoms. The Morgan fingerprint density at radius 3 is 2.89 bits per heavy atom. The Kier molecular flexibility index (Phi) is 3.79. The van der Waals surface area contributed by atoms with Crippen molar-refractivity contribution in [1.29, 1.82) is 0 Å². The van der Waals surface area contributed by atoms with Crippen LogP contribution in [0.4, 0.5) is 0 Å². The van der Waals surface area contributed by atoms with Gasteiger partial charge in [-0.2, -0.15) is 5.10 Å². The molecule has 3 rings (SSSR count). The number of ether oxygens (including phenoxy) is 1. The molecule has 6 nitrogen and oxygen atoms in total. The van der Waals surface area contributed by atoms with Crippen molar-refractivity contribution in [3.8, 4) is 0 Å². The summed E-state index contributed by atoms with van der Waals surface area (Å²) in [5, 5.41) is 10.2. The minimum absolute atomic E-state index is 0.135. The van der Waals surface area contributed by atoms with Gasteiger partial charge in [0, 0.05) is 44.0 Å². The summed E-state index contributed by atoms with van der Waals surface area (Å²) in [5.41, 5.74) is 1.18. The van der Waals surface area contributed by atoms with Crippen LogP contribution < -0.4 is 5.32 Å². The average molecular weight is 264 g/mol. The van der Waals surface area contributed by atoms with Gasteiger partial charge in [-0.05, 0) is 18.9 Å². The fraction of sp³-hybridized carbons (Fsp3) is 0.692. The maximum atomic E-state index is 12.3. The molecule has 2 saturated heterocycles. The zero-order chi connectivity index (χ0) is 13.1. The summed E-state index contributed by atoms with van der Waals surface area (Å²) in [6.07, 6.45) is 3.48. The second-order valence-corrected chi connectivity index (χ2v) is 5.18. The lowest BCUT2D eigenvalue weighted by molar-refractivity contribution is -0.146. The first-order chi connectivity index (χ1) is 9.34. The number of aromatic amines is 1. The lowest BCUT2D eigenvalue weighted by Crippen LogP contribution is -2.51. The number of nitrogens with one attached hydrogen (secondary N) is 2. The summed E-state index contributed by atoms with van der Waals surface area (Å²) in [6.45, 7) is 3.72. The Hall–Kier alpha value is -1.40. The van der Waals surface area contributed by atoms with Crippen LogP contribution in [0.1, 0.15) is 24.5 Å². The first-order valence-corrected chi connectivity index (χ1v) is 6.95. The minimum atomic E-state index is -0.294. The second-order valence-electron chi connectivity index (χ2n) is 5.18. The van der Waals surface area contributed by atoms with E-state index in [0.29, 0.717) is 19.1 Å². The van der Waals surface area contributed by atoms with Gasteiger partial charge in [0.1, 0.15) is 6.10 Å². The Morgan fingerprint density at radius 2 is 2.26 bits per heavy atom. The summed E-state index contributed by atoms with van der Waals surface area (Å²) in [5.74, 6) is 0.632. The maximum Gasteiger partial charge on any atom is 0.253 e. The number of likely N-dealkylation sites (tertiary alicyclic amines) is 1. The average Bonchev–Trinajstić information content (AvgIpc) is 3.02. The van der Waals surface area contributed by atoms with Crippen molar-refractivity contribution in [3.63, 3.8) is 0 Å². The number of aromatic nitrogens is 2. The van der Waals surface area contributed by atoms with Gasteiger partial charge in [0.2, 0.25) is 0 Å². The molecule has 1 aromatic heterocycles. The highest BCUT2D eigenvalue weighted by atomic mass is 16.5. The Balaban J connectivity index is 1.53. The second kappa shape index (κ2) is 5.71. The SMILES string of the molecule is O=C(C1CNCCO1)N1CCC(c2ccn[nH]2)CC1. The van der Waals surface area contributed by atoms with E-state index in [-0.39, 0.29) is 12.0 Å². The molecule has 1 amide bonds. The number of morpholine rings is 1. The van der Waals surface area contributed by atoms with E-state index in [1.165, 1.54) is 5.69 Å². The van der Waals surface area contributed by atoms with Crippen molar-refractivity contribution < 1.29 is 9.53 Å².